The smallest absolute Gasteiger partial charge is 0.0146 e. The van der Waals surface area contributed by atoms with Crippen molar-refractivity contribution in [2.75, 3.05) is 0 Å². The predicted molar refractivity (Wildman–Crippen MR) is 140 cm³/mol. The molecule has 0 radical (unpaired) electrons. The van der Waals surface area contributed by atoms with Crippen molar-refractivity contribution in [3.63, 3.8) is 0 Å². The molecule has 0 bridgehead atoms. The van der Waals surface area contributed by atoms with Crippen molar-refractivity contribution in [1.82, 2.24) is 0 Å². The van der Waals surface area contributed by atoms with Crippen molar-refractivity contribution in [1.29, 1.82) is 0 Å². The van der Waals surface area contributed by atoms with Crippen LogP contribution in [0.2, 0.25) is 0 Å². The van der Waals surface area contributed by atoms with Crippen molar-refractivity contribution in [2.24, 2.45) is 11.8 Å². The maximum atomic E-state index is 2.51. The molecular formula is C32H46. The first-order chi connectivity index (χ1) is 15.8. The summed E-state index contributed by atoms with van der Waals surface area (Å²) in [7, 11) is 0. The van der Waals surface area contributed by atoms with Crippen LogP contribution in [0.3, 0.4) is 0 Å². The van der Waals surface area contributed by atoms with Crippen molar-refractivity contribution < 1.29 is 0 Å². The van der Waals surface area contributed by atoms with Gasteiger partial charge in [0.1, 0.15) is 0 Å². The molecule has 0 N–H and O–H groups in total. The molecule has 2 aromatic rings. The van der Waals surface area contributed by atoms with Gasteiger partial charge in [-0.25, -0.2) is 0 Å². The predicted octanol–water partition coefficient (Wildman–Crippen LogP) is 10.3. The Morgan fingerprint density at radius 1 is 0.594 bits per heavy atom. The van der Waals surface area contributed by atoms with Gasteiger partial charge in [0.05, 0.1) is 0 Å². The van der Waals surface area contributed by atoms with Crippen LogP contribution < -0.4 is 0 Å². The summed E-state index contributed by atoms with van der Waals surface area (Å²) >= 11 is 0. The van der Waals surface area contributed by atoms with Crippen LogP contribution >= 0.6 is 0 Å². The molecule has 0 unspecified atom stereocenters. The maximum absolute atomic E-state index is 2.51. The minimum Gasteiger partial charge on any atom is -0.0654 e. The van der Waals surface area contributed by atoms with Gasteiger partial charge in [-0.3, -0.25) is 0 Å². The molecule has 0 amide bonds. The van der Waals surface area contributed by atoms with Crippen LogP contribution in [0, 0.1) is 11.8 Å². The van der Waals surface area contributed by atoms with E-state index in [0.717, 1.165) is 23.7 Å². The molecule has 0 heterocycles. The van der Waals surface area contributed by atoms with Gasteiger partial charge in [-0.1, -0.05) is 101 Å². The number of rotatable bonds is 9. The van der Waals surface area contributed by atoms with Gasteiger partial charge in [-0.05, 0) is 97.3 Å². The van der Waals surface area contributed by atoms with E-state index in [2.05, 4.69) is 62.4 Å². The second-order valence-electron chi connectivity index (χ2n) is 10.9. The van der Waals surface area contributed by atoms with Crippen LogP contribution in [-0.4, -0.2) is 0 Å². The second-order valence-corrected chi connectivity index (χ2v) is 10.9. The third-order valence-corrected chi connectivity index (χ3v) is 8.68. The molecule has 2 saturated carbocycles. The minimum absolute atomic E-state index is 0.761. The van der Waals surface area contributed by atoms with Gasteiger partial charge in [0.25, 0.3) is 0 Å². The van der Waals surface area contributed by atoms with Gasteiger partial charge in [0.15, 0.2) is 0 Å². The summed E-state index contributed by atoms with van der Waals surface area (Å²) in [4.78, 5) is 0. The Bertz CT molecular complexity index is 788. The zero-order valence-corrected chi connectivity index (χ0v) is 20.8. The Hall–Kier alpha value is -1.56. The van der Waals surface area contributed by atoms with E-state index in [1.807, 2.05) is 0 Å². The first kappa shape index (κ1) is 23.6. The fraction of sp³-hybridized carbons (Fsp3) is 0.625. The molecule has 0 atom stereocenters. The third-order valence-electron chi connectivity index (χ3n) is 8.68. The van der Waals surface area contributed by atoms with Gasteiger partial charge in [-0.2, -0.15) is 0 Å². The summed E-state index contributed by atoms with van der Waals surface area (Å²) in [5.74, 6) is 3.51. The number of hydrogen-bond donors (Lipinski definition) is 0. The van der Waals surface area contributed by atoms with Crippen molar-refractivity contribution in [2.45, 2.75) is 116 Å². The minimum atomic E-state index is 0.761. The van der Waals surface area contributed by atoms with E-state index in [1.165, 1.54) is 101 Å². The van der Waals surface area contributed by atoms with Crippen LogP contribution in [-0.2, 0) is 0 Å². The molecule has 0 spiro atoms. The fourth-order valence-corrected chi connectivity index (χ4v) is 6.86. The monoisotopic (exact) mass is 430 g/mol. The zero-order chi connectivity index (χ0) is 22.2. The first-order valence-electron chi connectivity index (χ1n) is 14.0. The van der Waals surface area contributed by atoms with E-state index in [-0.39, 0.29) is 0 Å². The van der Waals surface area contributed by atoms with Crippen LogP contribution in [0.15, 0.2) is 48.5 Å². The average Bonchev–Trinajstić information content (AvgIpc) is 2.85. The largest absolute Gasteiger partial charge is 0.0654 e. The zero-order valence-electron chi connectivity index (χ0n) is 20.8. The molecular weight excluding hydrogens is 384 g/mol. The number of unbranched alkanes of at least 4 members (excludes halogenated alkanes) is 2. The van der Waals surface area contributed by atoms with Crippen LogP contribution in [0.4, 0.5) is 0 Å². The quantitative estimate of drug-likeness (QED) is 0.347. The summed E-state index contributed by atoms with van der Waals surface area (Å²) in [5, 5.41) is 0. The van der Waals surface area contributed by atoms with Crippen LogP contribution in [0.1, 0.15) is 127 Å². The van der Waals surface area contributed by atoms with E-state index in [0.29, 0.717) is 0 Å². The highest BCUT2D eigenvalue weighted by Gasteiger charge is 2.30. The van der Waals surface area contributed by atoms with E-state index in [9.17, 15) is 0 Å². The Labute approximate surface area is 198 Å². The lowest BCUT2D eigenvalue weighted by atomic mass is 9.70. The van der Waals surface area contributed by atoms with Crippen molar-refractivity contribution in [3.8, 4) is 11.1 Å². The van der Waals surface area contributed by atoms with E-state index in [1.54, 1.807) is 11.1 Å². The summed E-state index contributed by atoms with van der Waals surface area (Å²) < 4.78 is 0. The van der Waals surface area contributed by atoms with Crippen molar-refractivity contribution in [3.05, 3.63) is 59.7 Å². The molecule has 0 aliphatic heterocycles. The SMILES string of the molecule is CCCCCC1CCC(c2c(-c3ccccc3)cccc2C2CCC(CCC)CC2)CC1. The Kier molecular flexibility index (Phi) is 8.89. The lowest BCUT2D eigenvalue weighted by Gasteiger charge is -2.35. The molecule has 2 aliphatic carbocycles. The normalized spacial score (nSPS) is 26.2. The van der Waals surface area contributed by atoms with Gasteiger partial charge < -0.3 is 0 Å². The van der Waals surface area contributed by atoms with Gasteiger partial charge in [0.2, 0.25) is 0 Å². The molecule has 4 rings (SSSR count). The summed E-state index contributed by atoms with van der Waals surface area (Å²) in [5.41, 5.74) is 6.42. The average molecular weight is 431 g/mol. The van der Waals surface area contributed by atoms with E-state index in [4.69, 9.17) is 0 Å². The van der Waals surface area contributed by atoms with Gasteiger partial charge >= 0.3 is 0 Å². The van der Waals surface area contributed by atoms with E-state index >= 15 is 0 Å². The van der Waals surface area contributed by atoms with Crippen molar-refractivity contribution >= 4 is 0 Å². The van der Waals surface area contributed by atoms with Crippen LogP contribution in [0.5, 0.6) is 0 Å². The molecule has 174 valence electrons. The topological polar surface area (TPSA) is 0 Å². The highest BCUT2D eigenvalue weighted by atomic mass is 14.3. The fourth-order valence-electron chi connectivity index (χ4n) is 6.86. The second kappa shape index (κ2) is 12.1. The lowest BCUT2D eigenvalue weighted by Crippen LogP contribution is -2.19. The molecule has 0 heteroatoms. The molecule has 32 heavy (non-hydrogen) atoms. The summed E-state index contributed by atoms with van der Waals surface area (Å²) in [6, 6.07) is 18.5. The molecule has 0 saturated heterocycles. The lowest BCUT2D eigenvalue weighted by molar-refractivity contribution is 0.293. The number of hydrogen-bond acceptors (Lipinski definition) is 0. The third kappa shape index (κ3) is 5.86. The first-order valence-corrected chi connectivity index (χ1v) is 14.0. The van der Waals surface area contributed by atoms with Gasteiger partial charge in [-0.15, -0.1) is 0 Å². The Morgan fingerprint density at radius 2 is 1.25 bits per heavy atom. The number of benzene rings is 2. The Balaban J connectivity index is 1.57. The molecule has 2 fully saturated rings. The van der Waals surface area contributed by atoms with E-state index < -0.39 is 0 Å². The molecule has 0 aromatic heterocycles. The highest BCUT2D eigenvalue weighted by molar-refractivity contribution is 5.70. The maximum Gasteiger partial charge on any atom is -0.0146 e. The summed E-state index contributed by atoms with van der Waals surface area (Å²) in [6.45, 7) is 4.68. The van der Waals surface area contributed by atoms with Gasteiger partial charge in [0, 0.05) is 0 Å². The molecule has 2 aromatic carbocycles. The standard InChI is InChI=1S/C32H46/c1-3-5-7-12-26-19-23-29(24-20-26)32-30(27-13-8-6-9-14-27)15-10-16-31(32)28-21-17-25(11-4-2)18-22-28/h6,8-10,13-16,25-26,28-29H,3-5,7,11-12,17-24H2,1-2H3. The highest BCUT2D eigenvalue weighted by Crippen LogP contribution is 2.47. The molecule has 0 nitrogen and oxygen atoms in total. The summed E-state index contributed by atoms with van der Waals surface area (Å²) in [6.07, 6.45) is 19.9. The van der Waals surface area contributed by atoms with Crippen LogP contribution in [0.25, 0.3) is 11.1 Å². The molecule has 2 aliphatic rings. The Morgan fingerprint density at radius 3 is 1.91 bits per heavy atom.